The van der Waals surface area contributed by atoms with Crippen LogP contribution in [0.4, 0.5) is 0 Å². The molecule has 0 radical (unpaired) electrons. The first kappa shape index (κ1) is 12.6. The lowest BCUT2D eigenvalue weighted by molar-refractivity contribution is 0.194. The Labute approximate surface area is 103 Å². The third-order valence-corrected chi connectivity index (χ3v) is 3.46. The molecule has 1 saturated heterocycles. The molecule has 4 heteroatoms. The summed E-state index contributed by atoms with van der Waals surface area (Å²) in [5.74, 6) is 1.60. The fraction of sp³-hybridized carbons (Fsp3) is 0.769. The number of aliphatic hydroxyl groups is 1. The van der Waals surface area contributed by atoms with Crippen molar-refractivity contribution in [3.63, 3.8) is 0 Å². The molecule has 1 aromatic heterocycles. The summed E-state index contributed by atoms with van der Waals surface area (Å²) in [6, 6.07) is 1.16. The Hall–Kier alpha value is -0.870. The van der Waals surface area contributed by atoms with Crippen molar-refractivity contribution in [2.24, 2.45) is 0 Å². The van der Waals surface area contributed by atoms with Crippen LogP contribution in [-0.4, -0.2) is 40.2 Å². The first-order valence-corrected chi connectivity index (χ1v) is 6.51. The molecule has 1 N–H and O–H groups in total. The van der Waals surface area contributed by atoms with Gasteiger partial charge in [-0.25, -0.2) is 4.98 Å². The Morgan fingerprint density at radius 3 is 3.12 bits per heavy atom. The maximum absolute atomic E-state index is 8.83. The van der Waals surface area contributed by atoms with Gasteiger partial charge in [-0.2, -0.15) is 0 Å². The number of aromatic nitrogens is 1. The third-order valence-electron chi connectivity index (χ3n) is 3.46. The van der Waals surface area contributed by atoms with E-state index in [0.29, 0.717) is 18.5 Å². The van der Waals surface area contributed by atoms with Crippen molar-refractivity contribution in [1.82, 2.24) is 9.88 Å². The molecule has 1 unspecified atom stereocenters. The Kier molecular flexibility index (Phi) is 4.18. The van der Waals surface area contributed by atoms with Crippen molar-refractivity contribution in [1.29, 1.82) is 0 Å². The second-order valence-electron chi connectivity index (χ2n) is 5.03. The maximum Gasteiger partial charge on any atom is 0.195 e. The molecule has 1 aliphatic rings. The molecule has 1 aliphatic heterocycles. The van der Waals surface area contributed by atoms with Crippen LogP contribution < -0.4 is 0 Å². The van der Waals surface area contributed by atoms with Crippen LogP contribution in [0.3, 0.4) is 0 Å². The second kappa shape index (κ2) is 5.65. The molecule has 2 rings (SSSR count). The fourth-order valence-electron chi connectivity index (χ4n) is 2.63. The van der Waals surface area contributed by atoms with Gasteiger partial charge in [0, 0.05) is 24.9 Å². The summed E-state index contributed by atoms with van der Waals surface area (Å²) < 4.78 is 5.62. The van der Waals surface area contributed by atoms with Crippen LogP contribution in [0.5, 0.6) is 0 Å². The van der Waals surface area contributed by atoms with Gasteiger partial charge in [-0.05, 0) is 33.2 Å². The van der Waals surface area contributed by atoms with Crippen LogP contribution >= 0.6 is 0 Å². The quantitative estimate of drug-likeness (QED) is 0.847. The van der Waals surface area contributed by atoms with Gasteiger partial charge in [0.05, 0.1) is 12.8 Å². The van der Waals surface area contributed by atoms with E-state index in [1.165, 1.54) is 19.4 Å². The molecule has 2 heterocycles. The molecule has 0 bridgehead atoms. The monoisotopic (exact) mass is 238 g/mol. The van der Waals surface area contributed by atoms with E-state index in [2.05, 4.69) is 23.7 Å². The predicted molar refractivity (Wildman–Crippen MR) is 65.9 cm³/mol. The summed E-state index contributed by atoms with van der Waals surface area (Å²) in [6.07, 6.45) is 5.69. The number of nitrogens with zero attached hydrogens (tertiary/aromatic N) is 2. The summed E-state index contributed by atoms with van der Waals surface area (Å²) in [5.41, 5.74) is 0. The van der Waals surface area contributed by atoms with E-state index in [0.717, 1.165) is 18.1 Å². The average molecular weight is 238 g/mol. The van der Waals surface area contributed by atoms with Crippen molar-refractivity contribution >= 4 is 0 Å². The van der Waals surface area contributed by atoms with Gasteiger partial charge in [0.25, 0.3) is 0 Å². The smallest absolute Gasteiger partial charge is 0.195 e. The van der Waals surface area contributed by atoms with E-state index in [1.54, 1.807) is 6.20 Å². The van der Waals surface area contributed by atoms with Gasteiger partial charge in [0.15, 0.2) is 5.89 Å². The molecule has 4 nitrogen and oxygen atoms in total. The largest absolute Gasteiger partial charge is 0.446 e. The summed E-state index contributed by atoms with van der Waals surface area (Å²) in [7, 11) is 0. The first-order valence-electron chi connectivity index (χ1n) is 6.51. The van der Waals surface area contributed by atoms with Gasteiger partial charge in [0.2, 0.25) is 0 Å². The molecule has 1 fully saturated rings. The summed E-state index contributed by atoms with van der Waals surface area (Å²) >= 11 is 0. The minimum Gasteiger partial charge on any atom is -0.446 e. The van der Waals surface area contributed by atoms with Gasteiger partial charge in [0.1, 0.15) is 5.76 Å². The number of rotatable bonds is 5. The number of hydrogen-bond acceptors (Lipinski definition) is 4. The van der Waals surface area contributed by atoms with Crippen LogP contribution in [0.25, 0.3) is 0 Å². The van der Waals surface area contributed by atoms with Crippen molar-refractivity contribution in [2.45, 2.75) is 51.6 Å². The molecule has 1 atom stereocenters. The molecule has 0 aromatic carbocycles. The van der Waals surface area contributed by atoms with Crippen molar-refractivity contribution in [3.8, 4) is 0 Å². The highest BCUT2D eigenvalue weighted by Crippen LogP contribution is 2.23. The van der Waals surface area contributed by atoms with E-state index in [1.807, 2.05) is 0 Å². The number of oxazole rings is 1. The normalized spacial score (nSPS) is 21.5. The van der Waals surface area contributed by atoms with Crippen LogP contribution in [-0.2, 0) is 12.8 Å². The van der Waals surface area contributed by atoms with E-state index < -0.39 is 0 Å². The highest BCUT2D eigenvalue weighted by molar-refractivity contribution is 4.97. The van der Waals surface area contributed by atoms with Gasteiger partial charge >= 0.3 is 0 Å². The Balaban J connectivity index is 1.95. The molecule has 17 heavy (non-hydrogen) atoms. The Bertz CT molecular complexity index is 349. The van der Waals surface area contributed by atoms with Gasteiger partial charge in [-0.15, -0.1) is 0 Å². The zero-order valence-electron chi connectivity index (χ0n) is 10.7. The summed E-state index contributed by atoms with van der Waals surface area (Å²) in [6.45, 7) is 5.79. The molecule has 0 amide bonds. The lowest BCUT2D eigenvalue weighted by Gasteiger charge is -2.27. The summed E-state index contributed by atoms with van der Waals surface area (Å²) in [4.78, 5) is 6.81. The zero-order valence-corrected chi connectivity index (χ0v) is 10.7. The lowest BCUT2D eigenvalue weighted by Crippen LogP contribution is -2.36. The Morgan fingerprint density at radius 1 is 1.59 bits per heavy atom. The van der Waals surface area contributed by atoms with E-state index in [9.17, 15) is 0 Å². The van der Waals surface area contributed by atoms with Gasteiger partial charge in [-0.1, -0.05) is 0 Å². The SMILES string of the molecule is CC(C)N1CCCC1Cc1ncc(CCO)o1. The molecule has 0 spiro atoms. The van der Waals surface area contributed by atoms with E-state index in [-0.39, 0.29) is 6.61 Å². The van der Waals surface area contributed by atoms with Crippen LogP contribution in [0.1, 0.15) is 38.3 Å². The second-order valence-corrected chi connectivity index (χ2v) is 5.03. The third kappa shape index (κ3) is 3.07. The predicted octanol–water partition coefficient (Wildman–Crippen LogP) is 1.62. The minimum atomic E-state index is 0.121. The molecular weight excluding hydrogens is 216 g/mol. The number of likely N-dealkylation sites (tertiary alicyclic amines) is 1. The molecular formula is C13H22N2O2. The van der Waals surface area contributed by atoms with Crippen LogP contribution in [0.2, 0.25) is 0 Å². The minimum absolute atomic E-state index is 0.121. The standard InChI is InChI=1S/C13H22N2O2/c1-10(2)15-6-3-4-11(15)8-13-14-9-12(17-13)5-7-16/h9-11,16H,3-8H2,1-2H3. The highest BCUT2D eigenvalue weighted by atomic mass is 16.4. The van der Waals surface area contributed by atoms with Gasteiger partial charge in [-0.3, -0.25) is 4.90 Å². The van der Waals surface area contributed by atoms with Gasteiger partial charge < -0.3 is 9.52 Å². The number of aliphatic hydroxyl groups excluding tert-OH is 1. The fourth-order valence-corrected chi connectivity index (χ4v) is 2.63. The van der Waals surface area contributed by atoms with E-state index >= 15 is 0 Å². The lowest BCUT2D eigenvalue weighted by atomic mass is 10.1. The summed E-state index contributed by atoms with van der Waals surface area (Å²) in [5, 5.41) is 8.83. The molecule has 1 aromatic rings. The zero-order chi connectivity index (χ0) is 12.3. The average Bonchev–Trinajstić information content (AvgIpc) is 2.89. The molecule has 0 aliphatic carbocycles. The Morgan fingerprint density at radius 2 is 2.41 bits per heavy atom. The topological polar surface area (TPSA) is 49.5 Å². The first-order chi connectivity index (χ1) is 8.20. The highest BCUT2D eigenvalue weighted by Gasteiger charge is 2.27. The van der Waals surface area contributed by atoms with Crippen molar-refractivity contribution in [2.75, 3.05) is 13.2 Å². The molecule has 96 valence electrons. The number of hydrogen-bond donors (Lipinski definition) is 1. The maximum atomic E-state index is 8.83. The van der Waals surface area contributed by atoms with Crippen LogP contribution in [0.15, 0.2) is 10.6 Å². The van der Waals surface area contributed by atoms with E-state index in [4.69, 9.17) is 9.52 Å². The van der Waals surface area contributed by atoms with Crippen molar-refractivity contribution in [3.05, 3.63) is 17.8 Å². The molecule has 0 saturated carbocycles. The van der Waals surface area contributed by atoms with Crippen LogP contribution in [0, 0.1) is 0 Å². The van der Waals surface area contributed by atoms with Crippen molar-refractivity contribution < 1.29 is 9.52 Å².